The van der Waals surface area contributed by atoms with Crippen molar-refractivity contribution in [3.8, 4) is 5.75 Å². The molecular formula is C6H6F4OTa. The second-order valence-electron chi connectivity index (χ2n) is 1.72. The van der Waals surface area contributed by atoms with Gasteiger partial charge in [0.25, 0.3) is 0 Å². The first kappa shape index (κ1) is 11.5. The van der Waals surface area contributed by atoms with Gasteiger partial charge >= 0.3 is 31.4 Å². The summed E-state index contributed by atoms with van der Waals surface area (Å²) in [5, 5.41) is 8.63. The van der Waals surface area contributed by atoms with Gasteiger partial charge in [-0.1, -0.05) is 18.2 Å². The Balaban J connectivity index is 0.000000217. The standard InChI is InChI=1S/C6H6O.4FH.Ta/c7-6-4-2-1-3-5-6;;;;;/h1-5,7H;4*1H;/q;;;;;+4/p-4. The molecule has 0 aliphatic rings. The van der Waals surface area contributed by atoms with Gasteiger partial charge in [-0.15, -0.1) is 0 Å². The third-order valence-corrected chi connectivity index (χ3v) is 0.756. The van der Waals surface area contributed by atoms with Crippen LogP contribution in [0.25, 0.3) is 0 Å². The van der Waals surface area contributed by atoms with Crippen molar-refractivity contribution in [1.29, 1.82) is 0 Å². The van der Waals surface area contributed by atoms with Crippen LogP contribution in [0.2, 0.25) is 0 Å². The Morgan fingerprint density at radius 1 is 0.917 bits per heavy atom. The summed E-state index contributed by atoms with van der Waals surface area (Å²) < 4.78 is 39.6. The molecule has 0 atom stereocenters. The molecule has 0 saturated heterocycles. The number of rotatable bonds is 0. The molecule has 1 aromatic rings. The van der Waals surface area contributed by atoms with Gasteiger partial charge in [0.1, 0.15) is 5.75 Å². The quantitative estimate of drug-likeness (QED) is 0.713. The Bertz CT molecular complexity index is 205. The Labute approximate surface area is 73.0 Å². The van der Waals surface area contributed by atoms with Gasteiger partial charge in [0.15, 0.2) is 0 Å². The van der Waals surface area contributed by atoms with E-state index in [0.29, 0.717) is 5.75 Å². The minimum absolute atomic E-state index is 0.322. The van der Waals surface area contributed by atoms with Gasteiger partial charge in [0.05, 0.1) is 0 Å². The first-order valence-corrected chi connectivity index (χ1v) is 7.67. The van der Waals surface area contributed by atoms with E-state index in [1.807, 2.05) is 6.07 Å². The predicted molar refractivity (Wildman–Crippen MR) is 32.5 cm³/mol. The zero-order chi connectivity index (χ0) is 9.61. The van der Waals surface area contributed by atoms with Crippen LogP contribution in [0.5, 0.6) is 5.75 Å². The molecule has 6 heteroatoms. The van der Waals surface area contributed by atoms with Crippen LogP contribution in [0, 0.1) is 0 Å². The van der Waals surface area contributed by atoms with Gasteiger partial charge in [-0.05, 0) is 12.1 Å². The van der Waals surface area contributed by atoms with Gasteiger partial charge < -0.3 is 5.11 Å². The van der Waals surface area contributed by atoms with E-state index in [4.69, 9.17) is 5.11 Å². The summed E-state index contributed by atoms with van der Waals surface area (Å²) in [6, 6.07) is 8.71. The molecule has 1 nitrogen and oxygen atoms in total. The van der Waals surface area contributed by atoms with Crippen LogP contribution in [0.3, 0.4) is 0 Å². The topological polar surface area (TPSA) is 20.2 Å². The van der Waals surface area contributed by atoms with Crippen LogP contribution in [-0.2, 0) is 19.3 Å². The summed E-state index contributed by atoms with van der Waals surface area (Å²) in [4.78, 5) is 0. The maximum absolute atomic E-state index is 9.90. The van der Waals surface area contributed by atoms with Crippen LogP contribution in [0.4, 0.5) is 12.1 Å². The molecule has 0 spiro atoms. The van der Waals surface area contributed by atoms with E-state index in [2.05, 4.69) is 0 Å². The van der Waals surface area contributed by atoms with E-state index in [1.165, 1.54) is 0 Å². The first-order chi connectivity index (χ1) is 5.39. The molecule has 12 heavy (non-hydrogen) atoms. The Kier molecular flexibility index (Phi) is 4.96. The number of phenols is 1. The summed E-state index contributed by atoms with van der Waals surface area (Å²) in [6.07, 6.45) is 0. The number of benzene rings is 1. The number of hydrogen-bond acceptors (Lipinski definition) is 1. The van der Waals surface area contributed by atoms with Gasteiger partial charge in [-0.3, -0.25) is 0 Å². The monoisotopic (exact) mass is 351 g/mol. The summed E-state index contributed by atoms with van der Waals surface area (Å²) in [6.45, 7) is 0. The van der Waals surface area contributed by atoms with Crippen molar-refractivity contribution in [2.75, 3.05) is 0 Å². The van der Waals surface area contributed by atoms with Crippen LogP contribution in [0.15, 0.2) is 30.3 Å². The number of halogens is 4. The zero-order valence-corrected chi connectivity index (χ0v) is 9.01. The Hall–Kier alpha value is -0.520. The van der Waals surface area contributed by atoms with Crippen LogP contribution in [-0.4, -0.2) is 5.11 Å². The SMILES string of the molecule is Oc1ccccc1.[F][Ta]([F])([F])[F]. The van der Waals surface area contributed by atoms with Crippen LogP contribution in [0.1, 0.15) is 0 Å². The van der Waals surface area contributed by atoms with Crippen molar-refractivity contribution in [2.24, 2.45) is 0 Å². The van der Waals surface area contributed by atoms with Crippen molar-refractivity contribution in [1.82, 2.24) is 0 Å². The van der Waals surface area contributed by atoms with Crippen molar-refractivity contribution in [3.63, 3.8) is 0 Å². The van der Waals surface area contributed by atoms with Crippen molar-refractivity contribution in [3.05, 3.63) is 30.3 Å². The van der Waals surface area contributed by atoms with Gasteiger partial charge in [-0.25, -0.2) is 0 Å². The number of hydrogen-bond donors (Lipinski definition) is 1. The van der Waals surface area contributed by atoms with E-state index < -0.39 is 19.3 Å². The molecule has 0 radical (unpaired) electrons. The Morgan fingerprint density at radius 2 is 1.25 bits per heavy atom. The summed E-state index contributed by atoms with van der Waals surface area (Å²) in [7, 11) is 0. The fourth-order valence-corrected chi connectivity index (χ4v) is 0.428. The molecule has 0 aliphatic heterocycles. The summed E-state index contributed by atoms with van der Waals surface area (Å²) >= 11 is -7.22. The fourth-order valence-electron chi connectivity index (χ4n) is 0.428. The number of para-hydroxylation sites is 1. The fraction of sp³-hybridized carbons (Fsp3) is 0. The average molecular weight is 351 g/mol. The van der Waals surface area contributed by atoms with Gasteiger partial charge in [0, 0.05) is 0 Å². The molecule has 1 aromatic carbocycles. The molecule has 0 aliphatic carbocycles. The molecule has 1 N–H and O–H groups in total. The van der Waals surface area contributed by atoms with Crippen molar-refractivity contribution < 1.29 is 36.5 Å². The van der Waals surface area contributed by atoms with E-state index in [-0.39, 0.29) is 0 Å². The van der Waals surface area contributed by atoms with E-state index in [0.717, 1.165) is 0 Å². The maximum atomic E-state index is 9.90. The molecule has 0 amide bonds. The molecule has 0 bridgehead atoms. The van der Waals surface area contributed by atoms with Gasteiger partial charge in [-0.2, -0.15) is 0 Å². The third kappa shape index (κ3) is 12.2. The predicted octanol–water partition coefficient (Wildman–Crippen LogP) is 3.07. The normalized spacial score (nSPS) is 10.0. The number of aromatic hydroxyl groups is 1. The van der Waals surface area contributed by atoms with Crippen molar-refractivity contribution in [2.45, 2.75) is 0 Å². The molecule has 0 heterocycles. The molecule has 1 rings (SSSR count). The zero-order valence-electron chi connectivity index (χ0n) is 5.79. The second-order valence-corrected chi connectivity index (χ2v) is 4.47. The van der Waals surface area contributed by atoms with E-state index >= 15 is 0 Å². The summed E-state index contributed by atoms with van der Waals surface area (Å²) in [5.41, 5.74) is 0. The first-order valence-electron chi connectivity index (χ1n) is 2.81. The van der Waals surface area contributed by atoms with Crippen molar-refractivity contribution >= 4 is 0 Å². The molecule has 0 saturated carbocycles. The molecule has 0 unspecified atom stereocenters. The van der Waals surface area contributed by atoms with Crippen LogP contribution < -0.4 is 0 Å². The molecule has 0 fully saturated rings. The average Bonchev–Trinajstić information content (AvgIpc) is 1.85. The van der Waals surface area contributed by atoms with Crippen LogP contribution >= 0.6 is 0 Å². The minimum atomic E-state index is -7.22. The van der Waals surface area contributed by atoms with E-state index in [1.54, 1.807) is 24.3 Å². The molecule has 0 aromatic heterocycles. The number of phenolic OH excluding ortho intramolecular Hbond substituents is 1. The summed E-state index contributed by atoms with van der Waals surface area (Å²) in [5.74, 6) is 0.322. The van der Waals surface area contributed by atoms with E-state index in [9.17, 15) is 12.1 Å². The second kappa shape index (κ2) is 5.18. The Morgan fingerprint density at radius 3 is 1.42 bits per heavy atom. The molecular weight excluding hydrogens is 345 g/mol. The third-order valence-electron chi connectivity index (χ3n) is 0.756. The molecule has 69 valence electrons. The van der Waals surface area contributed by atoms with Gasteiger partial charge in [0.2, 0.25) is 0 Å².